The topological polar surface area (TPSA) is 47.4 Å². The quantitative estimate of drug-likeness (QED) is 0.820. The number of ether oxygens (including phenoxy) is 1. The summed E-state index contributed by atoms with van der Waals surface area (Å²) in [6, 6.07) is 2.15. The molecule has 1 saturated carbocycles. The zero-order valence-electron chi connectivity index (χ0n) is 11.5. The zero-order chi connectivity index (χ0) is 13.2. The van der Waals surface area contributed by atoms with Crippen molar-refractivity contribution >= 4 is 5.91 Å². The number of aryl methyl sites for hydroxylation is 1. The van der Waals surface area contributed by atoms with E-state index in [1.165, 1.54) is 19.3 Å². The fourth-order valence-corrected chi connectivity index (χ4v) is 2.99. The van der Waals surface area contributed by atoms with E-state index >= 15 is 0 Å². The predicted molar refractivity (Wildman–Crippen MR) is 71.3 cm³/mol. The molecule has 3 rings (SSSR count). The second kappa shape index (κ2) is 5.23. The van der Waals surface area contributed by atoms with Gasteiger partial charge in [0.2, 0.25) is 5.88 Å². The summed E-state index contributed by atoms with van der Waals surface area (Å²) in [6.45, 7) is 1.56. The zero-order valence-corrected chi connectivity index (χ0v) is 11.5. The molecular formula is C14H21N3O2. The molecule has 0 bridgehead atoms. The molecule has 0 saturated heterocycles. The van der Waals surface area contributed by atoms with Crippen molar-refractivity contribution in [1.82, 2.24) is 14.7 Å². The van der Waals surface area contributed by atoms with Gasteiger partial charge in [-0.1, -0.05) is 19.3 Å². The van der Waals surface area contributed by atoms with E-state index < -0.39 is 0 Å². The third kappa shape index (κ3) is 2.46. The monoisotopic (exact) mass is 263 g/mol. The van der Waals surface area contributed by atoms with Crippen molar-refractivity contribution in [3.8, 4) is 5.88 Å². The number of hydrogen-bond donors (Lipinski definition) is 0. The Hall–Kier alpha value is -1.52. The van der Waals surface area contributed by atoms with Crippen molar-refractivity contribution in [2.75, 3.05) is 13.7 Å². The maximum Gasteiger partial charge on any atom is 0.274 e. The molecule has 1 aromatic rings. The number of rotatable bonds is 2. The number of nitrogens with zero attached hydrogens (tertiary/aromatic N) is 3. The van der Waals surface area contributed by atoms with Gasteiger partial charge in [0.25, 0.3) is 5.91 Å². The minimum Gasteiger partial charge on any atom is -0.478 e. The molecule has 1 fully saturated rings. The maximum atomic E-state index is 12.5. The van der Waals surface area contributed by atoms with E-state index in [9.17, 15) is 4.79 Å². The summed E-state index contributed by atoms with van der Waals surface area (Å²) < 4.78 is 7.31. The lowest BCUT2D eigenvalue weighted by Crippen LogP contribution is -2.38. The van der Waals surface area contributed by atoms with Crippen molar-refractivity contribution < 1.29 is 9.53 Å². The van der Waals surface area contributed by atoms with Crippen LogP contribution in [0.3, 0.4) is 0 Å². The lowest BCUT2D eigenvalue weighted by atomic mass is 9.94. The summed E-state index contributed by atoms with van der Waals surface area (Å²) in [5, 5.41) is 4.37. The Morgan fingerprint density at radius 1 is 1.37 bits per heavy atom. The molecule has 19 heavy (non-hydrogen) atoms. The first-order valence-corrected chi connectivity index (χ1v) is 7.23. The van der Waals surface area contributed by atoms with Crippen molar-refractivity contribution in [1.29, 1.82) is 0 Å². The maximum absolute atomic E-state index is 12.5. The Balaban J connectivity index is 1.73. The first kappa shape index (κ1) is 12.5. The highest BCUT2D eigenvalue weighted by atomic mass is 16.5. The van der Waals surface area contributed by atoms with Gasteiger partial charge < -0.3 is 9.64 Å². The summed E-state index contributed by atoms with van der Waals surface area (Å²) in [7, 11) is 1.90. The second-order valence-electron chi connectivity index (χ2n) is 5.50. The van der Waals surface area contributed by atoms with Crippen LogP contribution in [-0.4, -0.2) is 40.3 Å². The molecule has 1 aliphatic carbocycles. The van der Waals surface area contributed by atoms with E-state index in [0.717, 1.165) is 38.3 Å². The largest absolute Gasteiger partial charge is 0.478 e. The molecule has 104 valence electrons. The second-order valence-corrected chi connectivity index (χ2v) is 5.50. The Kier molecular flexibility index (Phi) is 3.44. The Labute approximate surface area is 113 Å². The molecular weight excluding hydrogens is 242 g/mol. The lowest BCUT2D eigenvalue weighted by Gasteiger charge is -2.30. The van der Waals surface area contributed by atoms with Gasteiger partial charge in [-0.15, -0.1) is 0 Å². The minimum atomic E-state index is 0.0254. The SMILES string of the molecule is CN(C(=O)c1cc2n(n1)CCCO2)C1CCCCC1. The van der Waals surface area contributed by atoms with E-state index in [4.69, 9.17) is 4.74 Å². The molecule has 0 aromatic carbocycles. The molecule has 0 unspecified atom stereocenters. The van der Waals surface area contributed by atoms with Crippen LogP contribution in [0.4, 0.5) is 0 Å². The fraction of sp³-hybridized carbons (Fsp3) is 0.714. The van der Waals surface area contributed by atoms with Gasteiger partial charge >= 0.3 is 0 Å². The van der Waals surface area contributed by atoms with Gasteiger partial charge in [-0.3, -0.25) is 4.79 Å². The molecule has 2 aliphatic rings. The van der Waals surface area contributed by atoms with Crippen molar-refractivity contribution in [3.05, 3.63) is 11.8 Å². The molecule has 1 amide bonds. The van der Waals surface area contributed by atoms with Crippen molar-refractivity contribution in [2.45, 2.75) is 51.1 Å². The van der Waals surface area contributed by atoms with Crippen LogP contribution >= 0.6 is 0 Å². The summed E-state index contributed by atoms with van der Waals surface area (Å²) in [5.74, 6) is 0.754. The molecule has 0 N–H and O–H groups in total. The van der Waals surface area contributed by atoms with Gasteiger partial charge in [-0.2, -0.15) is 5.10 Å². The van der Waals surface area contributed by atoms with Crippen molar-refractivity contribution in [2.24, 2.45) is 0 Å². The van der Waals surface area contributed by atoms with E-state index in [2.05, 4.69) is 5.10 Å². The fourth-order valence-electron chi connectivity index (χ4n) is 2.99. The summed E-state index contributed by atoms with van der Waals surface area (Å²) in [4.78, 5) is 14.3. The van der Waals surface area contributed by atoms with Gasteiger partial charge in [0.15, 0.2) is 5.69 Å². The van der Waals surface area contributed by atoms with Crippen LogP contribution < -0.4 is 4.74 Å². The van der Waals surface area contributed by atoms with Gasteiger partial charge in [0.05, 0.1) is 6.61 Å². The van der Waals surface area contributed by atoms with Gasteiger partial charge in [0, 0.05) is 32.1 Å². The Morgan fingerprint density at radius 2 is 2.16 bits per heavy atom. The standard InChI is InChI=1S/C14H21N3O2/c1-16(11-6-3-2-4-7-11)14(18)12-10-13-17(15-12)8-5-9-19-13/h10-11H,2-9H2,1H3. The number of aromatic nitrogens is 2. The van der Waals surface area contributed by atoms with Gasteiger partial charge in [-0.25, -0.2) is 4.68 Å². The van der Waals surface area contributed by atoms with Crippen LogP contribution in [0.1, 0.15) is 49.0 Å². The van der Waals surface area contributed by atoms with Gasteiger partial charge in [-0.05, 0) is 12.8 Å². The highest BCUT2D eigenvalue weighted by Crippen LogP contribution is 2.24. The highest BCUT2D eigenvalue weighted by Gasteiger charge is 2.26. The molecule has 5 heteroatoms. The molecule has 1 aliphatic heterocycles. The van der Waals surface area contributed by atoms with E-state index in [-0.39, 0.29) is 5.91 Å². The van der Waals surface area contributed by atoms with E-state index in [1.54, 1.807) is 10.7 Å². The minimum absolute atomic E-state index is 0.0254. The molecule has 0 spiro atoms. The van der Waals surface area contributed by atoms with E-state index in [1.807, 2.05) is 11.9 Å². The average molecular weight is 263 g/mol. The van der Waals surface area contributed by atoms with Crippen LogP contribution in [0, 0.1) is 0 Å². The number of carbonyl (C=O) groups is 1. The molecule has 0 atom stereocenters. The number of carbonyl (C=O) groups excluding carboxylic acids is 1. The summed E-state index contributed by atoms with van der Waals surface area (Å²) in [6.07, 6.45) is 6.95. The molecule has 1 aromatic heterocycles. The van der Waals surface area contributed by atoms with Crippen LogP contribution in [0.5, 0.6) is 5.88 Å². The summed E-state index contributed by atoms with van der Waals surface area (Å²) >= 11 is 0. The number of fused-ring (bicyclic) bond motifs is 1. The lowest BCUT2D eigenvalue weighted by molar-refractivity contribution is 0.0689. The number of amides is 1. The Bertz CT molecular complexity index is 440. The van der Waals surface area contributed by atoms with Crippen LogP contribution in [0.15, 0.2) is 6.07 Å². The molecule has 2 heterocycles. The predicted octanol–water partition coefficient (Wildman–Crippen LogP) is 2.07. The van der Waals surface area contributed by atoms with Crippen LogP contribution in [0.2, 0.25) is 0 Å². The Morgan fingerprint density at radius 3 is 2.89 bits per heavy atom. The van der Waals surface area contributed by atoms with Crippen LogP contribution in [-0.2, 0) is 6.54 Å². The number of hydrogen-bond acceptors (Lipinski definition) is 3. The first-order chi connectivity index (χ1) is 9.25. The smallest absolute Gasteiger partial charge is 0.274 e. The molecule has 5 nitrogen and oxygen atoms in total. The highest BCUT2D eigenvalue weighted by molar-refractivity contribution is 5.92. The first-order valence-electron chi connectivity index (χ1n) is 7.23. The average Bonchev–Trinajstić information content (AvgIpc) is 2.90. The van der Waals surface area contributed by atoms with E-state index in [0.29, 0.717) is 11.7 Å². The van der Waals surface area contributed by atoms with Crippen LogP contribution in [0.25, 0.3) is 0 Å². The van der Waals surface area contributed by atoms with Crippen molar-refractivity contribution in [3.63, 3.8) is 0 Å². The third-order valence-electron chi connectivity index (χ3n) is 4.17. The van der Waals surface area contributed by atoms with Gasteiger partial charge in [0.1, 0.15) is 0 Å². The normalized spacial score (nSPS) is 19.6. The third-order valence-corrected chi connectivity index (χ3v) is 4.17. The molecule has 0 radical (unpaired) electrons. The summed E-state index contributed by atoms with van der Waals surface area (Å²) in [5.41, 5.74) is 0.518.